The monoisotopic (exact) mass is 311 g/mol. The van der Waals surface area contributed by atoms with Crippen LogP contribution in [0.3, 0.4) is 0 Å². The highest BCUT2D eigenvalue weighted by Crippen LogP contribution is 2.42. The Labute approximate surface area is 124 Å². The molecule has 0 radical (unpaired) electrons. The molecular formula is C15H12F3NO3. The van der Waals surface area contributed by atoms with Gasteiger partial charge in [0.2, 0.25) is 0 Å². The molecule has 0 saturated heterocycles. The minimum Gasteiger partial charge on any atom is -0.467 e. The van der Waals surface area contributed by atoms with Gasteiger partial charge in [-0.15, -0.1) is 13.2 Å². The van der Waals surface area contributed by atoms with Crippen molar-refractivity contribution in [1.82, 2.24) is 0 Å². The van der Waals surface area contributed by atoms with E-state index in [4.69, 9.17) is 9.47 Å². The molecule has 0 amide bonds. The second kappa shape index (κ2) is 5.32. The van der Waals surface area contributed by atoms with E-state index in [1.807, 2.05) is 13.0 Å². The number of aryl methyl sites for hydroxylation is 1. The molecule has 0 fully saturated rings. The molecule has 4 nitrogen and oxygen atoms in total. The molecule has 1 aliphatic heterocycles. The van der Waals surface area contributed by atoms with Gasteiger partial charge in [-0.3, -0.25) is 0 Å². The Morgan fingerprint density at radius 1 is 1.09 bits per heavy atom. The minimum absolute atomic E-state index is 0.299. The van der Waals surface area contributed by atoms with Crippen molar-refractivity contribution in [3.05, 3.63) is 42.0 Å². The van der Waals surface area contributed by atoms with Crippen LogP contribution >= 0.6 is 0 Å². The molecule has 0 bridgehead atoms. The smallest absolute Gasteiger partial charge is 0.467 e. The van der Waals surface area contributed by atoms with Crippen LogP contribution in [0.2, 0.25) is 0 Å². The average molecular weight is 311 g/mol. The fraction of sp³-hybridized carbons (Fsp3) is 0.200. The normalized spacial score (nSPS) is 13.1. The molecule has 116 valence electrons. The van der Waals surface area contributed by atoms with Gasteiger partial charge < -0.3 is 19.5 Å². The van der Waals surface area contributed by atoms with E-state index in [1.54, 1.807) is 6.07 Å². The van der Waals surface area contributed by atoms with Crippen LogP contribution in [0.1, 0.15) is 5.56 Å². The standard InChI is InChI=1S/C15H12F3NO3/c1-9-6-12-14(20-8-19-12)13(7-9)21-10-2-4-11(5-3-10)22-15(16,17)18/h2-7,19H,8H2,1H3. The summed E-state index contributed by atoms with van der Waals surface area (Å²) in [6.45, 7) is 2.26. The molecule has 0 saturated carbocycles. The molecule has 7 heteroatoms. The van der Waals surface area contributed by atoms with Crippen molar-refractivity contribution in [2.24, 2.45) is 0 Å². The molecular weight excluding hydrogens is 299 g/mol. The fourth-order valence-electron chi connectivity index (χ4n) is 2.12. The van der Waals surface area contributed by atoms with Crippen molar-refractivity contribution in [3.8, 4) is 23.0 Å². The van der Waals surface area contributed by atoms with E-state index in [9.17, 15) is 13.2 Å². The molecule has 0 aliphatic carbocycles. The average Bonchev–Trinajstić information content (AvgIpc) is 2.87. The maximum absolute atomic E-state index is 12.1. The molecule has 22 heavy (non-hydrogen) atoms. The van der Waals surface area contributed by atoms with Gasteiger partial charge in [0.1, 0.15) is 11.5 Å². The van der Waals surface area contributed by atoms with Gasteiger partial charge in [0.25, 0.3) is 0 Å². The molecule has 2 aromatic rings. The zero-order valence-electron chi connectivity index (χ0n) is 11.5. The van der Waals surface area contributed by atoms with E-state index in [1.165, 1.54) is 24.3 Å². The van der Waals surface area contributed by atoms with Gasteiger partial charge in [0, 0.05) is 0 Å². The summed E-state index contributed by atoms with van der Waals surface area (Å²) >= 11 is 0. The van der Waals surface area contributed by atoms with Crippen molar-refractivity contribution < 1.29 is 27.4 Å². The molecule has 0 aromatic heterocycles. The lowest BCUT2D eigenvalue weighted by atomic mass is 10.2. The highest BCUT2D eigenvalue weighted by atomic mass is 19.4. The summed E-state index contributed by atoms with van der Waals surface area (Å²) in [5.41, 5.74) is 1.80. The molecule has 0 unspecified atom stereocenters. The molecule has 1 heterocycles. The van der Waals surface area contributed by atoms with E-state index in [2.05, 4.69) is 10.1 Å². The Kier molecular flexibility index (Phi) is 3.48. The highest BCUT2D eigenvalue weighted by molar-refractivity contribution is 5.67. The molecule has 1 N–H and O–H groups in total. The number of halogens is 3. The predicted molar refractivity (Wildman–Crippen MR) is 73.5 cm³/mol. The third-order valence-electron chi connectivity index (χ3n) is 2.96. The van der Waals surface area contributed by atoms with Crippen LogP contribution < -0.4 is 19.5 Å². The van der Waals surface area contributed by atoms with Crippen LogP contribution in [0.15, 0.2) is 36.4 Å². The summed E-state index contributed by atoms with van der Waals surface area (Å²) in [5.74, 6) is 1.18. The molecule has 3 rings (SSSR count). The Morgan fingerprint density at radius 3 is 2.45 bits per heavy atom. The van der Waals surface area contributed by atoms with E-state index < -0.39 is 6.36 Å². The third kappa shape index (κ3) is 3.19. The number of benzene rings is 2. The lowest BCUT2D eigenvalue weighted by Gasteiger charge is -2.12. The van der Waals surface area contributed by atoms with Crippen molar-refractivity contribution >= 4 is 5.69 Å². The van der Waals surface area contributed by atoms with Crippen LogP contribution in [0.5, 0.6) is 23.0 Å². The second-order valence-corrected chi connectivity index (χ2v) is 4.73. The first-order valence-electron chi connectivity index (χ1n) is 6.46. The van der Waals surface area contributed by atoms with E-state index in [0.717, 1.165) is 11.3 Å². The van der Waals surface area contributed by atoms with Crippen molar-refractivity contribution in [3.63, 3.8) is 0 Å². The van der Waals surface area contributed by atoms with E-state index in [0.29, 0.717) is 24.0 Å². The molecule has 0 atom stereocenters. The largest absolute Gasteiger partial charge is 0.573 e. The van der Waals surface area contributed by atoms with Crippen LogP contribution in [-0.4, -0.2) is 13.1 Å². The van der Waals surface area contributed by atoms with E-state index in [-0.39, 0.29) is 5.75 Å². The minimum atomic E-state index is -4.71. The lowest BCUT2D eigenvalue weighted by Crippen LogP contribution is -2.16. The van der Waals surface area contributed by atoms with Crippen molar-refractivity contribution in [1.29, 1.82) is 0 Å². The first kappa shape index (κ1) is 14.4. The summed E-state index contributed by atoms with van der Waals surface area (Å²) in [6, 6.07) is 8.91. The Hall–Kier alpha value is -2.57. The van der Waals surface area contributed by atoms with Gasteiger partial charge in [0.15, 0.2) is 18.2 Å². The molecule has 0 spiro atoms. The number of hydrogen-bond donors (Lipinski definition) is 1. The zero-order valence-corrected chi connectivity index (χ0v) is 11.5. The number of ether oxygens (including phenoxy) is 3. The number of anilines is 1. The first-order valence-corrected chi connectivity index (χ1v) is 6.46. The number of hydrogen-bond acceptors (Lipinski definition) is 4. The SMILES string of the molecule is Cc1cc2c(c(Oc3ccc(OC(F)(F)F)cc3)c1)OCN2. The summed E-state index contributed by atoms with van der Waals surface area (Å²) in [7, 11) is 0. The fourth-order valence-corrected chi connectivity index (χ4v) is 2.12. The Morgan fingerprint density at radius 2 is 1.77 bits per heavy atom. The van der Waals surface area contributed by atoms with Gasteiger partial charge in [-0.25, -0.2) is 0 Å². The summed E-state index contributed by atoms with van der Waals surface area (Å²) < 4.78 is 51.3. The summed E-state index contributed by atoms with van der Waals surface area (Å²) in [4.78, 5) is 0. The molecule has 1 aliphatic rings. The van der Waals surface area contributed by atoms with Gasteiger partial charge in [-0.2, -0.15) is 0 Å². The Balaban J connectivity index is 1.80. The maximum atomic E-state index is 12.1. The van der Waals surface area contributed by atoms with Gasteiger partial charge in [0.05, 0.1) is 5.69 Å². The van der Waals surface area contributed by atoms with Crippen LogP contribution in [0.25, 0.3) is 0 Å². The number of fused-ring (bicyclic) bond motifs is 1. The van der Waals surface area contributed by atoms with Crippen LogP contribution in [-0.2, 0) is 0 Å². The topological polar surface area (TPSA) is 39.7 Å². The quantitative estimate of drug-likeness (QED) is 0.909. The van der Waals surface area contributed by atoms with Gasteiger partial charge in [-0.1, -0.05) is 0 Å². The highest BCUT2D eigenvalue weighted by Gasteiger charge is 2.31. The Bertz CT molecular complexity index is 684. The summed E-state index contributed by atoms with van der Waals surface area (Å²) in [6.07, 6.45) is -4.71. The zero-order chi connectivity index (χ0) is 15.7. The van der Waals surface area contributed by atoms with Crippen LogP contribution in [0.4, 0.5) is 18.9 Å². The maximum Gasteiger partial charge on any atom is 0.573 e. The second-order valence-electron chi connectivity index (χ2n) is 4.73. The molecule has 2 aromatic carbocycles. The van der Waals surface area contributed by atoms with Crippen LogP contribution in [0, 0.1) is 6.92 Å². The van der Waals surface area contributed by atoms with Crippen molar-refractivity contribution in [2.75, 3.05) is 12.0 Å². The van der Waals surface area contributed by atoms with Gasteiger partial charge >= 0.3 is 6.36 Å². The third-order valence-corrected chi connectivity index (χ3v) is 2.96. The number of nitrogens with one attached hydrogen (secondary N) is 1. The van der Waals surface area contributed by atoms with E-state index >= 15 is 0 Å². The van der Waals surface area contributed by atoms with Gasteiger partial charge in [-0.05, 0) is 48.9 Å². The predicted octanol–water partition coefficient (Wildman–Crippen LogP) is 4.45. The van der Waals surface area contributed by atoms with Crippen molar-refractivity contribution in [2.45, 2.75) is 13.3 Å². The lowest BCUT2D eigenvalue weighted by molar-refractivity contribution is -0.274. The summed E-state index contributed by atoms with van der Waals surface area (Å²) in [5, 5.41) is 3.05. The number of rotatable bonds is 3. The number of alkyl halides is 3. The first-order chi connectivity index (χ1) is 10.4.